The summed E-state index contributed by atoms with van der Waals surface area (Å²) in [5, 5.41) is 1.14. The summed E-state index contributed by atoms with van der Waals surface area (Å²) < 4.78 is 5.61. The minimum Gasteiger partial charge on any atom is -0.410 e. The van der Waals surface area contributed by atoms with E-state index in [2.05, 4.69) is 45.8 Å². The van der Waals surface area contributed by atoms with Gasteiger partial charge in [-0.3, -0.25) is 9.88 Å². The number of imidazole rings is 1. The van der Waals surface area contributed by atoms with E-state index < -0.39 is 0 Å². The molecule has 174 valence electrons. The molecule has 1 aromatic carbocycles. The molecule has 3 heterocycles. The van der Waals surface area contributed by atoms with Gasteiger partial charge in [0.1, 0.15) is 5.75 Å². The van der Waals surface area contributed by atoms with Crippen LogP contribution in [0.3, 0.4) is 0 Å². The Morgan fingerprint density at radius 1 is 1.12 bits per heavy atom. The van der Waals surface area contributed by atoms with Gasteiger partial charge < -0.3 is 14.6 Å². The summed E-state index contributed by atoms with van der Waals surface area (Å²) in [7, 11) is 0. The van der Waals surface area contributed by atoms with E-state index in [4.69, 9.17) is 4.74 Å². The van der Waals surface area contributed by atoms with Crippen LogP contribution in [0.2, 0.25) is 0 Å². The monoisotopic (exact) mass is 465 g/mol. The van der Waals surface area contributed by atoms with Crippen molar-refractivity contribution in [1.82, 2.24) is 24.8 Å². The zero-order valence-electron chi connectivity index (χ0n) is 19.2. The molecule has 3 aromatic rings. The quantitative estimate of drug-likeness (QED) is 0.486. The highest BCUT2D eigenvalue weighted by molar-refractivity contribution is 7.99. The van der Waals surface area contributed by atoms with Crippen molar-refractivity contribution in [3.05, 3.63) is 71.8 Å². The molecule has 0 bridgehead atoms. The molecular weight excluding hydrogens is 434 g/mol. The van der Waals surface area contributed by atoms with Crippen LogP contribution >= 0.6 is 11.8 Å². The number of amides is 1. The molecule has 1 aliphatic heterocycles. The number of carbonyl (C=O) groups is 1. The number of aromatic amines is 1. The van der Waals surface area contributed by atoms with Crippen molar-refractivity contribution in [3.8, 4) is 5.75 Å². The van der Waals surface area contributed by atoms with Crippen LogP contribution in [0, 0.1) is 6.92 Å². The second-order valence-electron chi connectivity index (χ2n) is 8.35. The van der Waals surface area contributed by atoms with Crippen molar-refractivity contribution >= 4 is 17.9 Å². The van der Waals surface area contributed by atoms with Gasteiger partial charge >= 0.3 is 6.09 Å². The van der Waals surface area contributed by atoms with Gasteiger partial charge in [0.2, 0.25) is 0 Å². The third-order valence-corrected chi connectivity index (χ3v) is 6.90. The number of nitrogens with zero attached hydrogens (tertiary/aromatic N) is 4. The average Bonchev–Trinajstić information content (AvgIpc) is 3.34. The summed E-state index contributed by atoms with van der Waals surface area (Å²) in [6.07, 6.45) is 7.28. The van der Waals surface area contributed by atoms with Crippen molar-refractivity contribution in [1.29, 1.82) is 0 Å². The Kier molecular flexibility index (Phi) is 8.01. The minimum absolute atomic E-state index is 0.246. The first-order valence-electron chi connectivity index (χ1n) is 11.4. The molecule has 0 spiro atoms. The first kappa shape index (κ1) is 23.3. The Labute approximate surface area is 199 Å². The minimum atomic E-state index is -0.274. The lowest BCUT2D eigenvalue weighted by Gasteiger charge is -2.34. The highest BCUT2D eigenvalue weighted by Gasteiger charge is 2.22. The highest BCUT2D eigenvalue weighted by Crippen LogP contribution is 2.33. The second kappa shape index (κ2) is 11.3. The predicted molar refractivity (Wildman–Crippen MR) is 131 cm³/mol. The number of carbonyl (C=O) groups excluding carboxylic acids is 1. The van der Waals surface area contributed by atoms with Gasteiger partial charge in [0.25, 0.3) is 0 Å². The van der Waals surface area contributed by atoms with E-state index in [9.17, 15) is 4.79 Å². The molecule has 8 heteroatoms. The molecule has 7 nitrogen and oxygen atoms in total. The van der Waals surface area contributed by atoms with E-state index in [0.29, 0.717) is 18.8 Å². The smallest absolute Gasteiger partial charge is 0.410 e. The first-order chi connectivity index (χ1) is 16.1. The van der Waals surface area contributed by atoms with Crippen molar-refractivity contribution < 1.29 is 9.53 Å². The van der Waals surface area contributed by atoms with Crippen LogP contribution in [0.15, 0.2) is 60.1 Å². The van der Waals surface area contributed by atoms with Gasteiger partial charge in [-0.15, -0.1) is 0 Å². The number of aryl methyl sites for hydroxylation is 2. The topological polar surface area (TPSA) is 74.3 Å². The molecule has 1 amide bonds. The fraction of sp³-hybridized carbons (Fsp3) is 0.400. The van der Waals surface area contributed by atoms with Gasteiger partial charge in [0, 0.05) is 55.7 Å². The van der Waals surface area contributed by atoms with Crippen LogP contribution in [0.1, 0.15) is 35.4 Å². The lowest BCUT2D eigenvalue weighted by Crippen LogP contribution is -2.49. The third-order valence-electron chi connectivity index (χ3n) is 5.83. The van der Waals surface area contributed by atoms with Crippen molar-refractivity contribution in [2.75, 3.05) is 32.7 Å². The molecule has 1 aliphatic rings. The van der Waals surface area contributed by atoms with Crippen LogP contribution in [0.5, 0.6) is 5.75 Å². The Morgan fingerprint density at radius 3 is 2.58 bits per heavy atom. The number of hydrogen-bond acceptors (Lipinski definition) is 6. The number of benzene rings is 1. The zero-order chi connectivity index (χ0) is 23.0. The number of thioether (sulfide) groups is 1. The second-order valence-corrected chi connectivity index (χ2v) is 9.68. The molecule has 1 N–H and O–H groups in total. The number of aromatic nitrogens is 3. The molecule has 33 heavy (non-hydrogen) atoms. The van der Waals surface area contributed by atoms with Crippen LogP contribution in [-0.4, -0.2) is 63.6 Å². The van der Waals surface area contributed by atoms with Gasteiger partial charge in [-0.25, -0.2) is 9.78 Å². The van der Waals surface area contributed by atoms with Gasteiger partial charge in [-0.2, -0.15) is 0 Å². The van der Waals surface area contributed by atoms with Gasteiger partial charge in [-0.1, -0.05) is 30.0 Å². The summed E-state index contributed by atoms with van der Waals surface area (Å²) in [5.74, 6) is 0.576. The highest BCUT2D eigenvalue weighted by atomic mass is 32.2. The fourth-order valence-corrected chi connectivity index (χ4v) is 4.69. The Bertz CT molecular complexity index is 1000. The summed E-state index contributed by atoms with van der Waals surface area (Å²) >= 11 is 1.66. The average molecular weight is 466 g/mol. The molecular formula is C25H31N5O2S. The maximum atomic E-state index is 12.6. The molecule has 1 fully saturated rings. The van der Waals surface area contributed by atoms with E-state index in [1.165, 1.54) is 5.56 Å². The Hall–Kier alpha value is -2.84. The Morgan fingerprint density at radius 2 is 1.91 bits per heavy atom. The number of nitrogens with one attached hydrogen (secondary N) is 1. The molecule has 0 saturated carbocycles. The third kappa shape index (κ3) is 6.82. The van der Waals surface area contributed by atoms with Crippen molar-refractivity contribution in [2.24, 2.45) is 0 Å². The molecule has 1 atom stereocenters. The van der Waals surface area contributed by atoms with Crippen molar-refractivity contribution in [3.63, 3.8) is 0 Å². The molecule has 0 radical (unpaired) electrons. The zero-order valence-corrected chi connectivity index (χ0v) is 20.1. The van der Waals surface area contributed by atoms with Crippen molar-refractivity contribution in [2.45, 2.75) is 37.1 Å². The number of pyridine rings is 1. The summed E-state index contributed by atoms with van der Waals surface area (Å²) in [6, 6.07) is 12.0. The SMILES string of the molecule is Cc1ccc(CCCN2CCN(C(=O)Oc3ccc(C(C)Sc4ncc[nH]4)cc3)CC2)nc1. The van der Waals surface area contributed by atoms with E-state index in [-0.39, 0.29) is 11.3 Å². The van der Waals surface area contributed by atoms with E-state index in [0.717, 1.165) is 48.9 Å². The molecule has 1 unspecified atom stereocenters. The van der Waals surface area contributed by atoms with Crippen LogP contribution in [0.4, 0.5) is 4.79 Å². The normalized spacial score (nSPS) is 15.4. The van der Waals surface area contributed by atoms with E-state index in [1.54, 1.807) is 22.9 Å². The molecule has 4 rings (SSSR count). The number of H-pyrrole nitrogens is 1. The summed E-state index contributed by atoms with van der Waals surface area (Å²) in [6.45, 7) is 8.33. The molecule has 1 saturated heterocycles. The summed E-state index contributed by atoms with van der Waals surface area (Å²) in [4.78, 5) is 28.6. The predicted octanol–water partition coefficient (Wildman–Crippen LogP) is 4.72. The number of ether oxygens (including phenoxy) is 1. The van der Waals surface area contributed by atoms with E-state index >= 15 is 0 Å². The van der Waals surface area contributed by atoms with Crippen LogP contribution in [0.25, 0.3) is 0 Å². The number of rotatable bonds is 8. The van der Waals surface area contributed by atoms with Gasteiger partial charge in [-0.05, 0) is 62.6 Å². The number of piperazine rings is 1. The largest absolute Gasteiger partial charge is 0.415 e. The molecule has 2 aromatic heterocycles. The van der Waals surface area contributed by atoms with E-state index in [1.807, 2.05) is 36.7 Å². The van der Waals surface area contributed by atoms with Crippen LogP contribution < -0.4 is 4.74 Å². The number of hydrogen-bond donors (Lipinski definition) is 1. The lowest BCUT2D eigenvalue weighted by atomic mass is 10.1. The first-order valence-corrected chi connectivity index (χ1v) is 12.3. The summed E-state index contributed by atoms with van der Waals surface area (Å²) in [5.41, 5.74) is 3.49. The standard InChI is InChI=1S/C25H31N5O2S/c1-19-5-8-22(28-18-19)4-3-13-29-14-16-30(17-15-29)25(31)32-23-9-6-21(7-10-23)20(2)33-24-26-11-12-27-24/h5-12,18,20H,3-4,13-17H2,1-2H3,(H,26,27). The van der Waals surface area contributed by atoms with Gasteiger partial charge in [0.15, 0.2) is 5.16 Å². The van der Waals surface area contributed by atoms with Crippen LogP contribution in [-0.2, 0) is 6.42 Å². The van der Waals surface area contributed by atoms with Gasteiger partial charge in [0.05, 0.1) is 0 Å². The lowest BCUT2D eigenvalue weighted by molar-refractivity contribution is 0.110. The fourth-order valence-electron chi connectivity index (χ4n) is 3.81. The maximum absolute atomic E-state index is 12.6. The maximum Gasteiger partial charge on any atom is 0.415 e. The molecule has 0 aliphatic carbocycles. The Balaban J connectivity index is 1.17.